The van der Waals surface area contributed by atoms with Crippen LogP contribution in [0.3, 0.4) is 0 Å². The zero-order chi connectivity index (χ0) is 12.1. The summed E-state index contributed by atoms with van der Waals surface area (Å²) in [5.74, 6) is 0. The molecule has 0 aliphatic carbocycles. The van der Waals surface area contributed by atoms with Crippen LogP contribution in [-0.4, -0.2) is 33.3 Å². The van der Waals surface area contributed by atoms with Crippen LogP contribution < -0.4 is 0 Å². The third-order valence-electron chi connectivity index (χ3n) is 3.13. The molecule has 0 saturated carbocycles. The Morgan fingerprint density at radius 2 is 2.12 bits per heavy atom. The summed E-state index contributed by atoms with van der Waals surface area (Å²) in [5, 5.41) is 9.52. The van der Waals surface area contributed by atoms with Crippen LogP contribution in [0.25, 0.3) is 0 Å². The van der Waals surface area contributed by atoms with Gasteiger partial charge < -0.3 is 9.67 Å². The van der Waals surface area contributed by atoms with Crippen LogP contribution in [0.4, 0.5) is 0 Å². The minimum absolute atomic E-state index is 0.269. The van der Waals surface area contributed by atoms with E-state index in [0.29, 0.717) is 6.04 Å². The molecule has 0 spiro atoms. The molecular weight excluding hydrogens is 200 g/mol. The van der Waals surface area contributed by atoms with Gasteiger partial charge in [0.2, 0.25) is 0 Å². The summed E-state index contributed by atoms with van der Waals surface area (Å²) in [6, 6.07) is 4.70. The Morgan fingerprint density at radius 1 is 1.44 bits per heavy atom. The summed E-state index contributed by atoms with van der Waals surface area (Å²) in [6.07, 6.45) is 2.90. The Kier molecular flexibility index (Phi) is 5.03. The Bertz CT molecular complexity index is 307. The molecule has 92 valence electrons. The van der Waals surface area contributed by atoms with Crippen LogP contribution >= 0.6 is 0 Å². The second-order valence-corrected chi connectivity index (χ2v) is 4.65. The van der Waals surface area contributed by atoms with Gasteiger partial charge >= 0.3 is 0 Å². The van der Waals surface area contributed by atoms with Gasteiger partial charge in [-0.25, -0.2) is 0 Å². The Labute approximate surface area is 98.7 Å². The molecule has 0 aromatic carbocycles. The fourth-order valence-electron chi connectivity index (χ4n) is 1.87. The lowest BCUT2D eigenvalue weighted by Gasteiger charge is -2.29. The van der Waals surface area contributed by atoms with E-state index in [4.69, 9.17) is 0 Å². The second-order valence-electron chi connectivity index (χ2n) is 4.65. The number of aliphatic hydroxyl groups is 1. The lowest BCUT2D eigenvalue weighted by molar-refractivity contribution is 0.0945. The van der Waals surface area contributed by atoms with Gasteiger partial charge in [0.05, 0.1) is 6.10 Å². The second kappa shape index (κ2) is 6.06. The topological polar surface area (TPSA) is 28.4 Å². The maximum Gasteiger partial charge on any atom is 0.0639 e. The molecule has 0 bridgehead atoms. The standard InChI is InChI=1S/C13H24N2O/c1-5-11(2)15(9-12(3)16)10-13-7-6-8-14(13)4/h6-8,11-12,16H,5,9-10H2,1-4H3. The molecule has 2 unspecified atom stereocenters. The molecule has 1 N–H and O–H groups in total. The van der Waals surface area contributed by atoms with Crippen LogP contribution in [0.2, 0.25) is 0 Å². The van der Waals surface area contributed by atoms with E-state index in [1.807, 2.05) is 6.92 Å². The molecule has 0 amide bonds. The summed E-state index contributed by atoms with van der Waals surface area (Å²) in [7, 11) is 2.06. The van der Waals surface area contributed by atoms with Gasteiger partial charge in [0.25, 0.3) is 0 Å². The van der Waals surface area contributed by atoms with Crippen LogP contribution in [0.15, 0.2) is 18.3 Å². The molecule has 2 atom stereocenters. The van der Waals surface area contributed by atoms with Gasteiger partial charge in [-0.15, -0.1) is 0 Å². The highest BCUT2D eigenvalue weighted by Crippen LogP contribution is 2.11. The van der Waals surface area contributed by atoms with Gasteiger partial charge in [0.15, 0.2) is 0 Å². The van der Waals surface area contributed by atoms with E-state index in [0.717, 1.165) is 19.5 Å². The van der Waals surface area contributed by atoms with Crippen LogP contribution in [0.5, 0.6) is 0 Å². The molecule has 3 heteroatoms. The lowest BCUT2D eigenvalue weighted by Crippen LogP contribution is -2.37. The van der Waals surface area contributed by atoms with Crippen LogP contribution in [0, 0.1) is 0 Å². The summed E-state index contributed by atoms with van der Waals surface area (Å²) in [4.78, 5) is 2.33. The minimum atomic E-state index is -0.269. The number of nitrogens with zero attached hydrogens (tertiary/aromatic N) is 2. The molecule has 0 aliphatic rings. The number of aryl methyl sites for hydroxylation is 1. The van der Waals surface area contributed by atoms with E-state index in [1.165, 1.54) is 5.69 Å². The van der Waals surface area contributed by atoms with Crippen molar-refractivity contribution >= 4 is 0 Å². The number of hydrogen-bond donors (Lipinski definition) is 1. The van der Waals surface area contributed by atoms with Crippen molar-refractivity contribution in [2.24, 2.45) is 7.05 Å². The zero-order valence-electron chi connectivity index (χ0n) is 10.8. The SMILES string of the molecule is CCC(C)N(Cc1cccn1C)CC(C)O. The highest BCUT2D eigenvalue weighted by atomic mass is 16.3. The molecule has 16 heavy (non-hydrogen) atoms. The summed E-state index contributed by atoms with van der Waals surface area (Å²) < 4.78 is 2.14. The Hall–Kier alpha value is -0.800. The molecule has 0 radical (unpaired) electrons. The van der Waals surface area contributed by atoms with Gasteiger partial charge in [-0.2, -0.15) is 0 Å². The van der Waals surface area contributed by atoms with Gasteiger partial charge in [-0.3, -0.25) is 4.90 Å². The van der Waals surface area contributed by atoms with Crippen molar-refractivity contribution in [1.29, 1.82) is 0 Å². The van der Waals surface area contributed by atoms with Gasteiger partial charge in [-0.1, -0.05) is 6.92 Å². The van der Waals surface area contributed by atoms with Crippen molar-refractivity contribution in [3.05, 3.63) is 24.0 Å². The third-order valence-corrected chi connectivity index (χ3v) is 3.13. The van der Waals surface area contributed by atoms with Gasteiger partial charge in [0, 0.05) is 38.1 Å². The summed E-state index contributed by atoms with van der Waals surface area (Å²) >= 11 is 0. The first-order valence-electron chi connectivity index (χ1n) is 6.07. The average molecular weight is 224 g/mol. The van der Waals surface area contributed by atoms with E-state index >= 15 is 0 Å². The Morgan fingerprint density at radius 3 is 2.56 bits per heavy atom. The first-order chi connectivity index (χ1) is 7.54. The fourth-order valence-corrected chi connectivity index (χ4v) is 1.87. The first-order valence-corrected chi connectivity index (χ1v) is 6.07. The quantitative estimate of drug-likeness (QED) is 0.800. The van der Waals surface area contributed by atoms with Crippen molar-refractivity contribution in [3.63, 3.8) is 0 Å². The monoisotopic (exact) mass is 224 g/mol. The molecule has 3 nitrogen and oxygen atoms in total. The maximum atomic E-state index is 9.52. The number of aromatic nitrogens is 1. The molecule has 0 saturated heterocycles. The van der Waals surface area contributed by atoms with Gasteiger partial charge in [-0.05, 0) is 32.4 Å². The van der Waals surface area contributed by atoms with Crippen molar-refractivity contribution in [3.8, 4) is 0 Å². The predicted octanol–water partition coefficient (Wildman–Crippen LogP) is 2.01. The first kappa shape index (κ1) is 13.3. The average Bonchev–Trinajstić information content (AvgIpc) is 2.61. The van der Waals surface area contributed by atoms with Crippen LogP contribution in [0.1, 0.15) is 32.9 Å². The smallest absolute Gasteiger partial charge is 0.0639 e. The van der Waals surface area contributed by atoms with Crippen molar-refractivity contribution < 1.29 is 5.11 Å². The Balaban J connectivity index is 2.66. The molecule has 0 fully saturated rings. The van der Waals surface area contributed by atoms with E-state index in [9.17, 15) is 5.11 Å². The predicted molar refractivity (Wildman–Crippen MR) is 67.3 cm³/mol. The highest BCUT2D eigenvalue weighted by Gasteiger charge is 2.15. The minimum Gasteiger partial charge on any atom is -0.392 e. The van der Waals surface area contributed by atoms with E-state index in [2.05, 4.69) is 48.7 Å². The highest BCUT2D eigenvalue weighted by molar-refractivity contribution is 5.06. The molecule has 1 aromatic rings. The van der Waals surface area contributed by atoms with Crippen molar-refractivity contribution in [1.82, 2.24) is 9.47 Å². The molecule has 0 aliphatic heterocycles. The molecule has 1 rings (SSSR count). The maximum absolute atomic E-state index is 9.52. The van der Waals surface area contributed by atoms with Crippen LogP contribution in [-0.2, 0) is 13.6 Å². The third kappa shape index (κ3) is 3.65. The van der Waals surface area contributed by atoms with E-state index in [1.54, 1.807) is 0 Å². The fraction of sp³-hybridized carbons (Fsp3) is 0.692. The molecule has 1 aromatic heterocycles. The van der Waals surface area contributed by atoms with Gasteiger partial charge in [0.1, 0.15) is 0 Å². The number of hydrogen-bond acceptors (Lipinski definition) is 2. The van der Waals surface area contributed by atoms with Crippen molar-refractivity contribution in [2.45, 2.75) is 45.9 Å². The largest absolute Gasteiger partial charge is 0.392 e. The lowest BCUT2D eigenvalue weighted by atomic mass is 10.2. The van der Waals surface area contributed by atoms with E-state index in [-0.39, 0.29) is 6.10 Å². The van der Waals surface area contributed by atoms with E-state index < -0.39 is 0 Å². The molecular formula is C13H24N2O. The number of rotatable bonds is 6. The zero-order valence-corrected chi connectivity index (χ0v) is 10.8. The normalized spacial score (nSPS) is 15.4. The molecule has 1 heterocycles. The van der Waals surface area contributed by atoms with Crippen molar-refractivity contribution in [2.75, 3.05) is 6.54 Å². The summed E-state index contributed by atoms with van der Waals surface area (Å²) in [6.45, 7) is 7.89. The summed E-state index contributed by atoms with van der Waals surface area (Å²) in [5.41, 5.74) is 1.29. The number of aliphatic hydroxyl groups excluding tert-OH is 1.